The van der Waals surface area contributed by atoms with Crippen molar-refractivity contribution in [2.45, 2.75) is 25.8 Å². The summed E-state index contributed by atoms with van der Waals surface area (Å²) in [6, 6.07) is 2.91. The van der Waals surface area contributed by atoms with Crippen LogP contribution in [0.1, 0.15) is 28.8 Å². The molecule has 1 aromatic rings. The number of rotatable bonds is 2. The van der Waals surface area contributed by atoms with Crippen molar-refractivity contribution in [2.24, 2.45) is 5.73 Å². The van der Waals surface area contributed by atoms with Gasteiger partial charge in [0.25, 0.3) is 11.6 Å². The van der Waals surface area contributed by atoms with E-state index >= 15 is 0 Å². The molecule has 4 N–H and O–H groups in total. The van der Waals surface area contributed by atoms with Gasteiger partial charge in [-0.1, -0.05) is 0 Å². The van der Waals surface area contributed by atoms with Gasteiger partial charge in [0.2, 0.25) is 0 Å². The third-order valence-corrected chi connectivity index (χ3v) is 3.47. The first-order chi connectivity index (χ1) is 9.40. The van der Waals surface area contributed by atoms with Gasteiger partial charge in [0.15, 0.2) is 0 Å². The number of hydrogen-bond acceptors (Lipinski definition) is 5. The van der Waals surface area contributed by atoms with Crippen LogP contribution in [0.3, 0.4) is 0 Å². The molecule has 108 valence electrons. The van der Waals surface area contributed by atoms with Crippen LogP contribution in [0.15, 0.2) is 12.1 Å². The number of carbonyl (C=O) groups is 1. The van der Waals surface area contributed by atoms with Crippen LogP contribution in [0.5, 0.6) is 0 Å². The molecule has 1 aliphatic heterocycles. The normalized spacial score (nSPS) is 18.9. The highest BCUT2D eigenvalue weighted by Gasteiger charge is 2.27. The summed E-state index contributed by atoms with van der Waals surface area (Å²) in [5.41, 5.74) is 12.1. The molecule has 0 saturated carbocycles. The van der Waals surface area contributed by atoms with Crippen molar-refractivity contribution in [1.29, 1.82) is 0 Å². The highest BCUT2D eigenvalue weighted by molar-refractivity contribution is 6.01. The summed E-state index contributed by atoms with van der Waals surface area (Å²) in [6.07, 6.45) is 1.72. The van der Waals surface area contributed by atoms with Gasteiger partial charge in [0, 0.05) is 25.2 Å². The number of piperidine rings is 1. The highest BCUT2D eigenvalue weighted by atomic mass is 16.6. The van der Waals surface area contributed by atoms with Crippen molar-refractivity contribution in [2.75, 3.05) is 18.8 Å². The summed E-state index contributed by atoms with van der Waals surface area (Å²) in [5.74, 6) is -0.288. The highest BCUT2D eigenvalue weighted by Crippen LogP contribution is 2.28. The Morgan fingerprint density at radius 2 is 2.20 bits per heavy atom. The van der Waals surface area contributed by atoms with Crippen LogP contribution in [-0.4, -0.2) is 34.9 Å². The molecular formula is C13H18N4O3. The molecule has 0 radical (unpaired) electrons. The second kappa shape index (κ2) is 5.46. The van der Waals surface area contributed by atoms with E-state index < -0.39 is 4.92 Å². The zero-order valence-electron chi connectivity index (χ0n) is 11.3. The molecule has 1 unspecified atom stereocenters. The minimum atomic E-state index is -0.568. The van der Waals surface area contributed by atoms with Gasteiger partial charge in [-0.05, 0) is 31.4 Å². The van der Waals surface area contributed by atoms with E-state index in [0.717, 1.165) is 12.8 Å². The monoisotopic (exact) mass is 278 g/mol. The molecule has 2 rings (SSSR count). The maximum Gasteiger partial charge on any atom is 0.293 e. The number of amides is 1. The van der Waals surface area contributed by atoms with Crippen LogP contribution in [0.25, 0.3) is 0 Å². The fourth-order valence-corrected chi connectivity index (χ4v) is 2.47. The molecule has 0 spiro atoms. The number of likely N-dealkylation sites (tertiary alicyclic amines) is 1. The Balaban J connectivity index is 2.36. The SMILES string of the molecule is Cc1cc(C(=O)N2CCCC(N)C2)c(N)c([N+](=O)[O-])c1. The Morgan fingerprint density at radius 1 is 1.50 bits per heavy atom. The zero-order chi connectivity index (χ0) is 14.9. The number of aryl methyl sites for hydroxylation is 1. The fourth-order valence-electron chi connectivity index (χ4n) is 2.47. The molecule has 1 heterocycles. The van der Waals surface area contributed by atoms with E-state index in [1.807, 2.05) is 0 Å². The average molecular weight is 278 g/mol. The van der Waals surface area contributed by atoms with Gasteiger partial charge in [0.1, 0.15) is 5.69 Å². The summed E-state index contributed by atoms with van der Waals surface area (Å²) in [5, 5.41) is 11.0. The van der Waals surface area contributed by atoms with Crippen molar-refractivity contribution < 1.29 is 9.72 Å². The standard InChI is InChI=1S/C13H18N4O3/c1-8-5-10(12(15)11(6-8)17(19)20)13(18)16-4-2-3-9(14)7-16/h5-6,9H,2-4,7,14-15H2,1H3. The quantitative estimate of drug-likeness (QED) is 0.476. The van der Waals surface area contributed by atoms with E-state index in [4.69, 9.17) is 11.5 Å². The van der Waals surface area contributed by atoms with Gasteiger partial charge < -0.3 is 16.4 Å². The van der Waals surface area contributed by atoms with E-state index in [1.54, 1.807) is 17.9 Å². The molecular weight excluding hydrogens is 260 g/mol. The van der Waals surface area contributed by atoms with E-state index in [2.05, 4.69) is 0 Å². The second-order valence-corrected chi connectivity index (χ2v) is 5.16. The summed E-state index contributed by atoms with van der Waals surface area (Å²) in [6.45, 7) is 2.76. The van der Waals surface area contributed by atoms with E-state index in [0.29, 0.717) is 18.7 Å². The first kappa shape index (κ1) is 14.3. The maximum absolute atomic E-state index is 12.5. The molecule has 0 bridgehead atoms. The number of carbonyl (C=O) groups excluding carboxylic acids is 1. The molecule has 0 aromatic heterocycles. The number of nitrogen functional groups attached to an aromatic ring is 1. The molecule has 1 aromatic carbocycles. The fraction of sp³-hybridized carbons (Fsp3) is 0.462. The first-order valence-electron chi connectivity index (χ1n) is 6.49. The maximum atomic E-state index is 12.5. The molecule has 7 heteroatoms. The summed E-state index contributed by atoms with van der Waals surface area (Å²) in [4.78, 5) is 24.5. The Kier molecular flexibility index (Phi) is 3.89. The number of nitrogens with two attached hydrogens (primary N) is 2. The van der Waals surface area contributed by atoms with Crippen molar-refractivity contribution in [3.05, 3.63) is 33.4 Å². The summed E-state index contributed by atoms with van der Waals surface area (Å²) < 4.78 is 0. The van der Waals surface area contributed by atoms with Gasteiger partial charge in [0.05, 0.1) is 10.5 Å². The second-order valence-electron chi connectivity index (χ2n) is 5.16. The van der Waals surface area contributed by atoms with E-state index in [1.165, 1.54) is 6.07 Å². The van der Waals surface area contributed by atoms with Crippen molar-refractivity contribution >= 4 is 17.3 Å². The molecule has 1 amide bonds. The third-order valence-electron chi connectivity index (χ3n) is 3.47. The first-order valence-corrected chi connectivity index (χ1v) is 6.49. The molecule has 1 fully saturated rings. The van der Waals surface area contributed by atoms with Crippen LogP contribution in [0.4, 0.5) is 11.4 Å². The number of hydrogen-bond donors (Lipinski definition) is 2. The lowest BCUT2D eigenvalue weighted by Crippen LogP contribution is -2.45. The van der Waals surface area contributed by atoms with Gasteiger partial charge in [-0.2, -0.15) is 0 Å². The number of nitro groups is 1. The minimum Gasteiger partial charge on any atom is -0.393 e. The topological polar surface area (TPSA) is 115 Å². The molecule has 1 atom stereocenters. The van der Waals surface area contributed by atoms with Crippen molar-refractivity contribution in [3.8, 4) is 0 Å². The molecule has 7 nitrogen and oxygen atoms in total. The Labute approximate surface area is 116 Å². The minimum absolute atomic E-state index is 0.0475. The predicted molar refractivity (Wildman–Crippen MR) is 75.4 cm³/mol. The molecule has 20 heavy (non-hydrogen) atoms. The molecule has 0 aliphatic carbocycles. The predicted octanol–water partition coefficient (Wildman–Crippen LogP) is 1.05. The van der Waals surface area contributed by atoms with Gasteiger partial charge >= 0.3 is 0 Å². The van der Waals surface area contributed by atoms with Crippen LogP contribution < -0.4 is 11.5 Å². The zero-order valence-corrected chi connectivity index (χ0v) is 11.3. The number of benzene rings is 1. The summed E-state index contributed by atoms with van der Waals surface area (Å²) >= 11 is 0. The van der Waals surface area contributed by atoms with E-state index in [9.17, 15) is 14.9 Å². The van der Waals surface area contributed by atoms with E-state index in [-0.39, 0.29) is 28.9 Å². The Hall–Kier alpha value is -2.15. The van der Waals surface area contributed by atoms with Gasteiger partial charge in [-0.25, -0.2) is 0 Å². The number of nitrogens with zero attached hydrogens (tertiary/aromatic N) is 2. The van der Waals surface area contributed by atoms with Gasteiger partial charge in [-0.15, -0.1) is 0 Å². The van der Waals surface area contributed by atoms with Gasteiger partial charge in [-0.3, -0.25) is 14.9 Å². The third kappa shape index (κ3) is 2.72. The number of anilines is 1. The largest absolute Gasteiger partial charge is 0.393 e. The Bertz CT molecular complexity index is 559. The van der Waals surface area contributed by atoms with Crippen LogP contribution in [0, 0.1) is 17.0 Å². The van der Waals surface area contributed by atoms with Crippen molar-refractivity contribution in [1.82, 2.24) is 4.90 Å². The Morgan fingerprint density at radius 3 is 2.80 bits per heavy atom. The molecule has 1 aliphatic rings. The van der Waals surface area contributed by atoms with Crippen LogP contribution in [-0.2, 0) is 0 Å². The average Bonchev–Trinajstić information content (AvgIpc) is 2.40. The lowest BCUT2D eigenvalue weighted by molar-refractivity contribution is -0.384. The van der Waals surface area contributed by atoms with Crippen molar-refractivity contribution in [3.63, 3.8) is 0 Å². The smallest absolute Gasteiger partial charge is 0.293 e. The lowest BCUT2D eigenvalue weighted by Gasteiger charge is -2.31. The van der Waals surface area contributed by atoms with Crippen LogP contribution >= 0.6 is 0 Å². The van der Waals surface area contributed by atoms with Crippen LogP contribution in [0.2, 0.25) is 0 Å². The lowest BCUT2D eigenvalue weighted by atomic mass is 10.0. The summed E-state index contributed by atoms with van der Waals surface area (Å²) in [7, 11) is 0. The molecule has 1 saturated heterocycles. The number of nitro benzene ring substituents is 1.